The van der Waals surface area contributed by atoms with Crippen LogP contribution in [0.4, 0.5) is 0 Å². The zero-order valence-corrected chi connectivity index (χ0v) is 8.89. The van der Waals surface area contributed by atoms with Crippen molar-refractivity contribution < 1.29 is 9.53 Å². The predicted molar refractivity (Wildman–Crippen MR) is 49.5 cm³/mol. The SMILES string of the molecule is CC(C)C(C)(O[C]=O)C(C)(C)C. The van der Waals surface area contributed by atoms with Crippen molar-refractivity contribution in [3.8, 4) is 0 Å². The van der Waals surface area contributed by atoms with Gasteiger partial charge in [0.1, 0.15) is 5.60 Å². The summed E-state index contributed by atoms with van der Waals surface area (Å²) in [5.74, 6) is 0.291. The van der Waals surface area contributed by atoms with Crippen molar-refractivity contribution in [1.29, 1.82) is 0 Å². The molecule has 0 bridgehead atoms. The first-order chi connectivity index (χ1) is 5.25. The average Bonchev–Trinajstić information content (AvgIpc) is 1.85. The first-order valence-electron chi connectivity index (χ1n) is 4.31. The molecule has 0 aromatic carbocycles. The molecule has 1 radical (unpaired) electrons. The predicted octanol–water partition coefficient (Wildman–Crippen LogP) is 2.53. The third-order valence-electron chi connectivity index (χ3n) is 2.84. The maximum absolute atomic E-state index is 10.2. The van der Waals surface area contributed by atoms with Crippen molar-refractivity contribution in [3.05, 3.63) is 0 Å². The molecule has 0 amide bonds. The van der Waals surface area contributed by atoms with Crippen molar-refractivity contribution in [2.45, 2.75) is 47.1 Å². The molecule has 1 atom stereocenters. The maximum Gasteiger partial charge on any atom is 0.418 e. The lowest BCUT2D eigenvalue weighted by Crippen LogP contribution is -2.46. The van der Waals surface area contributed by atoms with Gasteiger partial charge in [-0.25, -0.2) is 4.79 Å². The summed E-state index contributed by atoms with van der Waals surface area (Å²) < 4.78 is 5.05. The van der Waals surface area contributed by atoms with E-state index in [4.69, 9.17) is 4.74 Å². The number of carbonyl (C=O) groups excluding carboxylic acids is 1. The highest BCUT2D eigenvalue weighted by molar-refractivity contribution is 5.40. The van der Waals surface area contributed by atoms with Gasteiger partial charge in [0.25, 0.3) is 0 Å². The lowest BCUT2D eigenvalue weighted by atomic mass is 9.71. The molecule has 0 aliphatic carbocycles. The summed E-state index contributed by atoms with van der Waals surface area (Å²) in [6, 6.07) is 0. The van der Waals surface area contributed by atoms with Gasteiger partial charge in [-0.15, -0.1) is 0 Å². The molecule has 0 aromatic heterocycles. The van der Waals surface area contributed by atoms with Crippen molar-refractivity contribution >= 4 is 6.47 Å². The van der Waals surface area contributed by atoms with Crippen LogP contribution in [0.15, 0.2) is 0 Å². The van der Waals surface area contributed by atoms with Crippen LogP contribution in [0.2, 0.25) is 0 Å². The molecular formula is C10H19O2. The highest BCUT2D eigenvalue weighted by Crippen LogP contribution is 2.38. The van der Waals surface area contributed by atoms with E-state index in [1.807, 2.05) is 20.8 Å². The molecule has 0 fully saturated rings. The largest absolute Gasteiger partial charge is 0.450 e. The van der Waals surface area contributed by atoms with E-state index in [9.17, 15) is 4.79 Å². The second-order valence-corrected chi connectivity index (χ2v) is 4.70. The Kier molecular flexibility index (Phi) is 3.31. The lowest BCUT2D eigenvalue weighted by Gasteiger charge is -2.42. The van der Waals surface area contributed by atoms with Crippen LogP contribution in [-0.2, 0) is 9.53 Å². The van der Waals surface area contributed by atoms with Gasteiger partial charge < -0.3 is 4.74 Å². The van der Waals surface area contributed by atoms with E-state index in [0.29, 0.717) is 5.92 Å². The molecule has 71 valence electrons. The van der Waals surface area contributed by atoms with Crippen LogP contribution in [0.25, 0.3) is 0 Å². The van der Waals surface area contributed by atoms with Gasteiger partial charge in [-0.1, -0.05) is 34.6 Å². The number of rotatable bonds is 3. The van der Waals surface area contributed by atoms with Crippen LogP contribution in [-0.4, -0.2) is 12.1 Å². The van der Waals surface area contributed by atoms with E-state index in [0.717, 1.165) is 0 Å². The zero-order valence-electron chi connectivity index (χ0n) is 8.89. The Labute approximate surface area is 75.3 Å². The molecule has 2 heteroatoms. The van der Waals surface area contributed by atoms with Gasteiger partial charge in [0.2, 0.25) is 0 Å². The Hall–Kier alpha value is -0.530. The highest BCUT2D eigenvalue weighted by atomic mass is 16.5. The van der Waals surface area contributed by atoms with Crippen molar-refractivity contribution in [3.63, 3.8) is 0 Å². The van der Waals surface area contributed by atoms with E-state index in [-0.39, 0.29) is 5.41 Å². The van der Waals surface area contributed by atoms with E-state index < -0.39 is 5.60 Å². The van der Waals surface area contributed by atoms with Gasteiger partial charge in [-0.05, 0) is 12.8 Å². The van der Waals surface area contributed by atoms with Crippen LogP contribution >= 0.6 is 0 Å². The van der Waals surface area contributed by atoms with Crippen molar-refractivity contribution in [2.75, 3.05) is 0 Å². The highest BCUT2D eigenvalue weighted by Gasteiger charge is 2.42. The summed E-state index contributed by atoms with van der Waals surface area (Å²) in [5.41, 5.74) is -0.493. The topological polar surface area (TPSA) is 26.3 Å². The second-order valence-electron chi connectivity index (χ2n) is 4.70. The summed E-state index contributed by atoms with van der Waals surface area (Å²) in [6.07, 6.45) is 0. The molecule has 0 spiro atoms. The molecule has 0 aliphatic heterocycles. The van der Waals surface area contributed by atoms with E-state index >= 15 is 0 Å². The van der Waals surface area contributed by atoms with Crippen LogP contribution in [0.5, 0.6) is 0 Å². The number of hydrogen-bond donors (Lipinski definition) is 0. The fraction of sp³-hybridized carbons (Fsp3) is 0.900. The Balaban J connectivity index is 4.73. The normalized spacial score (nSPS) is 17.2. The minimum Gasteiger partial charge on any atom is -0.450 e. The van der Waals surface area contributed by atoms with Crippen LogP contribution in [0, 0.1) is 11.3 Å². The molecule has 0 aliphatic rings. The Morgan fingerprint density at radius 1 is 1.17 bits per heavy atom. The second kappa shape index (κ2) is 3.46. The summed E-state index contributed by atoms with van der Waals surface area (Å²) in [5, 5.41) is 0. The fourth-order valence-electron chi connectivity index (χ4n) is 1.22. The summed E-state index contributed by atoms with van der Waals surface area (Å²) in [4.78, 5) is 10.2. The summed E-state index contributed by atoms with van der Waals surface area (Å²) in [7, 11) is 0. The Bertz CT molecular complexity index is 156. The first-order valence-corrected chi connectivity index (χ1v) is 4.31. The molecule has 0 rings (SSSR count). The summed E-state index contributed by atoms with van der Waals surface area (Å²) in [6.45, 7) is 13.8. The zero-order chi connectivity index (χ0) is 9.99. The molecule has 0 aromatic rings. The monoisotopic (exact) mass is 171 g/mol. The number of ether oxygens (including phenoxy) is 1. The maximum atomic E-state index is 10.2. The molecular weight excluding hydrogens is 152 g/mol. The van der Waals surface area contributed by atoms with Crippen LogP contribution in [0.3, 0.4) is 0 Å². The third kappa shape index (κ3) is 1.99. The number of hydrogen-bond acceptors (Lipinski definition) is 2. The van der Waals surface area contributed by atoms with Gasteiger partial charge in [0.05, 0.1) is 0 Å². The van der Waals surface area contributed by atoms with Gasteiger partial charge in [-0.3, -0.25) is 0 Å². The summed E-state index contributed by atoms with van der Waals surface area (Å²) >= 11 is 0. The fourth-order valence-corrected chi connectivity index (χ4v) is 1.22. The minimum atomic E-state index is -0.436. The van der Waals surface area contributed by atoms with Crippen LogP contribution in [0.1, 0.15) is 41.5 Å². The van der Waals surface area contributed by atoms with Gasteiger partial charge >= 0.3 is 6.47 Å². The average molecular weight is 171 g/mol. The third-order valence-corrected chi connectivity index (χ3v) is 2.84. The molecule has 0 N–H and O–H groups in total. The lowest BCUT2D eigenvalue weighted by molar-refractivity contribution is -0.0666. The Morgan fingerprint density at radius 2 is 1.58 bits per heavy atom. The first kappa shape index (κ1) is 11.5. The molecule has 2 nitrogen and oxygen atoms in total. The van der Waals surface area contributed by atoms with Crippen molar-refractivity contribution in [2.24, 2.45) is 11.3 Å². The standard InChI is InChI=1S/C10H19O2/c1-8(2)10(6,12-7-11)9(3,4)5/h8H,1-6H3. The van der Waals surface area contributed by atoms with E-state index in [2.05, 4.69) is 20.8 Å². The van der Waals surface area contributed by atoms with Crippen molar-refractivity contribution in [1.82, 2.24) is 0 Å². The molecule has 1 unspecified atom stereocenters. The molecule has 0 heterocycles. The van der Waals surface area contributed by atoms with Gasteiger partial charge in [-0.2, -0.15) is 0 Å². The van der Waals surface area contributed by atoms with Gasteiger partial charge in [0, 0.05) is 5.41 Å². The van der Waals surface area contributed by atoms with E-state index in [1.54, 1.807) is 6.47 Å². The van der Waals surface area contributed by atoms with E-state index in [1.165, 1.54) is 0 Å². The molecule has 0 saturated heterocycles. The smallest absolute Gasteiger partial charge is 0.418 e. The minimum absolute atomic E-state index is 0.0570. The molecule has 0 saturated carbocycles. The van der Waals surface area contributed by atoms with Gasteiger partial charge in [0.15, 0.2) is 0 Å². The molecule has 12 heavy (non-hydrogen) atoms. The van der Waals surface area contributed by atoms with Crippen LogP contribution < -0.4 is 0 Å². The Morgan fingerprint density at radius 3 is 1.67 bits per heavy atom. The quantitative estimate of drug-likeness (QED) is 0.652.